The van der Waals surface area contributed by atoms with E-state index in [9.17, 15) is 9.18 Å². The van der Waals surface area contributed by atoms with Crippen LogP contribution in [0, 0.1) is 19.7 Å². The summed E-state index contributed by atoms with van der Waals surface area (Å²) >= 11 is 0. The highest BCUT2D eigenvalue weighted by atomic mass is 19.1. The van der Waals surface area contributed by atoms with Crippen molar-refractivity contribution in [2.75, 3.05) is 0 Å². The molecule has 0 spiro atoms. The number of halogens is 1. The summed E-state index contributed by atoms with van der Waals surface area (Å²) in [5.74, 6) is 0.291. The molecular weight excluding hydrogens is 383 g/mol. The largest absolute Gasteiger partial charge is 0.439 e. The number of nitrogens with one attached hydrogen (secondary N) is 1. The van der Waals surface area contributed by atoms with Crippen LogP contribution in [-0.2, 0) is 6.54 Å². The molecule has 0 aliphatic heterocycles. The molecule has 0 bridgehead atoms. The molecule has 4 rings (SSSR count). The van der Waals surface area contributed by atoms with Gasteiger partial charge in [0, 0.05) is 24.4 Å². The van der Waals surface area contributed by atoms with Gasteiger partial charge in [-0.25, -0.2) is 19.3 Å². The Morgan fingerprint density at radius 1 is 0.967 bits per heavy atom. The number of aromatic nitrogens is 3. The lowest BCUT2D eigenvalue weighted by atomic mass is 10.1. The normalized spacial score (nSPS) is 10.8. The van der Waals surface area contributed by atoms with Gasteiger partial charge in [-0.2, -0.15) is 0 Å². The number of carbonyl (C=O) groups is 1. The molecule has 0 radical (unpaired) electrons. The topological polar surface area (TPSA) is 77.0 Å². The zero-order valence-electron chi connectivity index (χ0n) is 16.5. The molecule has 1 N–H and O–H groups in total. The molecule has 150 valence electrons. The van der Waals surface area contributed by atoms with Gasteiger partial charge in [0.25, 0.3) is 5.91 Å². The summed E-state index contributed by atoms with van der Waals surface area (Å²) in [4.78, 5) is 25.7. The quantitative estimate of drug-likeness (QED) is 0.532. The first kappa shape index (κ1) is 19.4. The Hall–Kier alpha value is -3.87. The molecule has 0 saturated heterocycles. The second-order valence-electron chi connectivity index (χ2n) is 6.84. The third-order valence-electron chi connectivity index (χ3n) is 4.63. The van der Waals surface area contributed by atoms with E-state index >= 15 is 0 Å². The summed E-state index contributed by atoms with van der Waals surface area (Å²) in [6.07, 6.45) is 1.59. The number of hydrogen-bond donors (Lipinski definition) is 1. The Morgan fingerprint density at radius 3 is 2.47 bits per heavy atom. The average molecular weight is 402 g/mol. The van der Waals surface area contributed by atoms with Gasteiger partial charge < -0.3 is 10.1 Å². The van der Waals surface area contributed by atoms with Gasteiger partial charge in [-0.15, -0.1) is 0 Å². The second-order valence-corrected chi connectivity index (χ2v) is 6.84. The zero-order valence-corrected chi connectivity index (χ0v) is 16.5. The van der Waals surface area contributed by atoms with Gasteiger partial charge >= 0.3 is 0 Å². The highest BCUT2D eigenvalue weighted by molar-refractivity contribution is 5.97. The number of fused-ring (bicyclic) bond motifs is 1. The molecule has 0 aliphatic rings. The predicted molar refractivity (Wildman–Crippen MR) is 111 cm³/mol. The van der Waals surface area contributed by atoms with Crippen molar-refractivity contribution in [2.45, 2.75) is 20.4 Å². The summed E-state index contributed by atoms with van der Waals surface area (Å²) in [7, 11) is 0. The molecule has 2 heterocycles. The van der Waals surface area contributed by atoms with Crippen LogP contribution in [-0.4, -0.2) is 20.9 Å². The Morgan fingerprint density at radius 2 is 1.70 bits per heavy atom. The van der Waals surface area contributed by atoms with Crippen molar-refractivity contribution in [1.82, 2.24) is 20.3 Å². The van der Waals surface area contributed by atoms with Gasteiger partial charge in [-0.05, 0) is 67.9 Å². The fourth-order valence-electron chi connectivity index (χ4n) is 2.90. The Balaban J connectivity index is 1.44. The first-order valence-corrected chi connectivity index (χ1v) is 9.39. The van der Waals surface area contributed by atoms with Crippen LogP contribution in [0.15, 0.2) is 60.8 Å². The molecule has 2 aromatic carbocycles. The number of pyridine rings is 1. The third kappa shape index (κ3) is 4.41. The maximum absolute atomic E-state index is 13.0. The predicted octanol–water partition coefficient (Wildman–Crippen LogP) is 4.50. The van der Waals surface area contributed by atoms with Gasteiger partial charge in [0.1, 0.15) is 11.6 Å². The van der Waals surface area contributed by atoms with E-state index in [1.54, 1.807) is 36.5 Å². The maximum atomic E-state index is 13.0. The molecule has 0 saturated carbocycles. The van der Waals surface area contributed by atoms with Crippen LogP contribution in [0.1, 0.15) is 27.3 Å². The summed E-state index contributed by atoms with van der Waals surface area (Å²) in [6.45, 7) is 4.10. The molecule has 0 atom stereocenters. The smallest absolute Gasteiger partial charge is 0.251 e. The van der Waals surface area contributed by atoms with E-state index in [-0.39, 0.29) is 11.7 Å². The van der Waals surface area contributed by atoms with Crippen LogP contribution in [0.2, 0.25) is 0 Å². The number of nitrogens with zero attached hydrogens (tertiary/aromatic N) is 3. The summed E-state index contributed by atoms with van der Waals surface area (Å²) < 4.78 is 18.6. The first-order chi connectivity index (χ1) is 14.5. The van der Waals surface area contributed by atoms with Gasteiger partial charge in [0.05, 0.1) is 22.4 Å². The number of hydrogen-bond acceptors (Lipinski definition) is 5. The van der Waals surface area contributed by atoms with E-state index in [1.807, 2.05) is 13.8 Å². The SMILES string of the molecule is Cc1nc2ccc(C(=O)NCc3ccnc(Oc4ccc(F)cc4)c3)cc2nc1C. The van der Waals surface area contributed by atoms with Crippen molar-refractivity contribution in [2.24, 2.45) is 0 Å². The van der Waals surface area contributed by atoms with Crippen molar-refractivity contribution in [3.05, 3.63) is 89.1 Å². The molecule has 30 heavy (non-hydrogen) atoms. The Labute approximate surface area is 172 Å². The summed E-state index contributed by atoms with van der Waals surface area (Å²) in [6, 6.07) is 14.5. The monoisotopic (exact) mass is 402 g/mol. The number of carbonyl (C=O) groups excluding carboxylic acids is 1. The minimum absolute atomic E-state index is 0.213. The van der Waals surface area contributed by atoms with E-state index in [4.69, 9.17) is 4.74 Å². The van der Waals surface area contributed by atoms with Crippen molar-refractivity contribution in [3.63, 3.8) is 0 Å². The number of rotatable bonds is 5. The van der Waals surface area contributed by atoms with Crippen LogP contribution < -0.4 is 10.1 Å². The summed E-state index contributed by atoms with van der Waals surface area (Å²) in [5.41, 5.74) is 4.48. The van der Waals surface area contributed by atoms with Crippen LogP contribution in [0.25, 0.3) is 11.0 Å². The molecule has 4 aromatic rings. The molecule has 0 aliphatic carbocycles. The van der Waals surface area contributed by atoms with Crippen molar-refractivity contribution >= 4 is 16.9 Å². The minimum Gasteiger partial charge on any atom is -0.439 e. The number of amides is 1. The zero-order chi connectivity index (χ0) is 21.1. The minimum atomic E-state index is -0.336. The van der Waals surface area contributed by atoms with Gasteiger partial charge in [-0.1, -0.05) is 0 Å². The summed E-state index contributed by atoms with van der Waals surface area (Å²) in [5, 5.41) is 2.88. The van der Waals surface area contributed by atoms with E-state index in [2.05, 4.69) is 20.3 Å². The average Bonchev–Trinajstić information content (AvgIpc) is 2.74. The van der Waals surface area contributed by atoms with Gasteiger partial charge in [0.15, 0.2) is 0 Å². The van der Waals surface area contributed by atoms with Crippen LogP contribution >= 0.6 is 0 Å². The van der Waals surface area contributed by atoms with Crippen molar-refractivity contribution < 1.29 is 13.9 Å². The van der Waals surface area contributed by atoms with Crippen molar-refractivity contribution in [3.8, 4) is 11.6 Å². The van der Waals surface area contributed by atoms with E-state index in [1.165, 1.54) is 24.3 Å². The molecule has 0 fully saturated rings. The first-order valence-electron chi connectivity index (χ1n) is 9.39. The standard InChI is InChI=1S/C23H19FN4O2/c1-14-15(2)28-21-12-17(3-8-20(21)27-14)23(29)26-13-16-9-10-25-22(11-16)30-19-6-4-18(24)5-7-19/h3-12H,13H2,1-2H3,(H,26,29). The highest BCUT2D eigenvalue weighted by Crippen LogP contribution is 2.20. The Kier molecular flexibility index (Phi) is 5.34. The highest BCUT2D eigenvalue weighted by Gasteiger charge is 2.09. The molecular formula is C23H19FN4O2. The number of aryl methyl sites for hydroxylation is 2. The number of benzene rings is 2. The fourth-order valence-corrected chi connectivity index (χ4v) is 2.90. The fraction of sp³-hybridized carbons (Fsp3) is 0.130. The molecule has 7 heteroatoms. The van der Waals surface area contributed by atoms with Crippen LogP contribution in [0.3, 0.4) is 0 Å². The lowest BCUT2D eigenvalue weighted by Crippen LogP contribution is -2.22. The molecule has 1 amide bonds. The van der Waals surface area contributed by atoms with Crippen LogP contribution in [0.5, 0.6) is 11.6 Å². The number of ether oxygens (including phenoxy) is 1. The van der Waals surface area contributed by atoms with Crippen LogP contribution in [0.4, 0.5) is 4.39 Å². The van der Waals surface area contributed by atoms with E-state index < -0.39 is 0 Å². The van der Waals surface area contributed by atoms with Crippen molar-refractivity contribution in [1.29, 1.82) is 0 Å². The third-order valence-corrected chi connectivity index (χ3v) is 4.63. The lowest BCUT2D eigenvalue weighted by Gasteiger charge is -2.09. The molecule has 6 nitrogen and oxygen atoms in total. The maximum Gasteiger partial charge on any atom is 0.251 e. The molecule has 0 unspecified atom stereocenters. The molecule has 2 aromatic heterocycles. The Bertz CT molecular complexity index is 1230. The van der Waals surface area contributed by atoms with Gasteiger partial charge in [0.2, 0.25) is 5.88 Å². The van der Waals surface area contributed by atoms with Gasteiger partial charge in [-0.3, -0.25) is 4.79 Å². The van der Waals surface area contributed by atoms with E-state index in [0.29, 0.717) is 29.3 Å². The van der Waals surface area contributed by atoms with E-state index in [0.717, 1.165) is 22.5 Å². The lowest BCUT2D eigenvalue weighted by molar-refractivity contribution is 0.0951. The second kappa shape index (κ2) is 8.24.